The Bertz CT molecular complexity index is 313. The fourth-order valence-corrected chi connectivity index (χ4v) is 2.43. The van der Waals surface area contributed by atoms with Gasteiger partial charge < -0.3 is 0 Å². The molecular weight excluding hydrogens is 216 g/mol. The molecule has 0 aliphatic rings. The molecule has 16 heavy (non-hydrogen) atoms. The van der Waals surface area contributed by atoms with Crippen LogP contribution in [0.4, 0.5) is 0 Å². The van der Waals surface area contributed by atoms with Gasteiger partial charge in [0.25, 0.3) is 0 Å². The Morgan fingerprint density at radius 1 is 1.38 bits per heavy atom. The first-order chi connectivity index (χ1) is 7.61. The summed E-state index contributed by atoms with van der Waals surface area (Å²) in [6, 6.07) is 8.97. The number of nitrogens with one attached hydrogen (secondary N) is 1. The van der Waals surface area contributed by atoms with E-state index in [4.69, 9.17) is 5.84 Å². The van der Waals surface area contributed by atoms with Crippen LogP contribution in [-0.2, 0) is 6.42 Å². The number of nitrogens with two attached hydrogens (primary N) is 1. The molecule has 0 bridgehead atoms. The standard InChI is InChI=1S/C13H22N2S/c1-10(2)16-9-13(15-14)8-12-6-4-5-11(3)7-12/h4-7,10,13,15H,8-9,14H2,1-3H3. The monoisotopic (exact) mass is 238 g/mol. The minimum Gasteiger partial charge on any atom is -0.271 e. The largest absolute Gasteiger partial charge is 0.271 e. The summed E-state index contributed by atoms with van der Waals surface area (Å²) in [5.74, 6) is 6.64. The summed E-state index contributed by atoms with van der Waals surface area (Å²) in [7, 11) is 0. The molecule has 0 spiro atoms. The first-order valence-electron chi connectivity index (χ1n) is 5.75. The molecule has 1 aromatic carbocycles. The van der Waals surface area contributed by atoms with Crippen LogP contribution >= 0.6 is 11.8 Å². The second kappa shape index (κ2) is 6.94. The van der Waals surface area contributed by atoms with Crippen molar-refractivity contribution >= 4 is 11.8 Å². The first-order valence-corrected chi connectivity index (χ1v) is 6.80. The lowest BCUT2D eigenvalue weighted by Crippen LogP contribution is -2.39. The number of aryl methyl sites for hydroxylation is 1. The second-order valence-electron chi connectivity index (χ2n) is 4.44. The molecule has 0 aliphatic heterocycles. The van der Waals surface area contributed by atoms with Crippen molar-refractivity contribution in [2.24, 2.45) is 5.84 Å². The Hall–Kier alpha value is -0.510. The van der Waals surface area contributed by atoms with Crippen LogP contribution < -0.4 is 11.3 Å². The third kappa shape index (κ3) is 5.01. The van der Waals surface area contributed by atoms with Crippen molar-refractivity contribution in [1.29, 1.82) is 0 Å². The predicted molar refractivity (Wildman–Crippen MR) is 73.6 cm³/mol. The van der Waals surface area contributed by atoms with Crippen LogP contribution in [0.25, 0.3) is 0 Å². The number of hydrazine groups is 1. The van der Waals surface area contributed by atoms with E-state index in [0.717, 1.165) is 12.2 Å². The van der Waals surface area contributed by atoms with E-state index in [-0.39, 0.29) is 0 Å². The summed E-state index contributed by atoms with van der Waals surface area (Å²) < 4.78 is 0. The molecule has 1 atom stereocenters. The van der Waals surface area contributed by atoms with E-state index < -0.39 is 0 Å². The molecule has 0 heterocycles. The van der Waals surface area contributed by atoms with Crippen molar-refractivity contribution in [3.63, 3.8) is 0 Å². The van der Waals surface area contributed by atoms with E-state index in [2.05, 4.69) is 50.5 Å². The van der Waals surface area contributed by atoms with Gasteiger partial charge in [0.15, 0.2) is 0 Å². The molecule has 1 aromatic rings. The molecule has 0 radical (unpaired) electrons. The van der Waals surface area contributed by atoms with Gasteiger partial charge in [0.05, 0.1) is 0 Å². The quantitative estimate of drug-likeness (QED) is 0.591. The van der Waals surface area contributed by atoms with Crippen molar-refractivity contribution in [1.82, 2.24) is 5.43 Å². The van der Waals surface area contributed by atoms with Crippen LogP contribution in [0.3, 0.4) is 0 Å². The number of rotatable bonds is 6. The molecule has 0 aromatic heterocycles. The number of hydrogen-bond acceptors (Lipinski definition) is 3. The Morgan fingerprint density at radius 3 is 2.69 bits per heavy atom. The van der Waals surface area contributed by atoms with E-state index in [1.54, 1.807) is 0 Å². The van der Waals surface area contributed by atoms with Crippen molar-refractivity contribution in [3.05, 3.63) is 35.4 Å². The van der Waals surface area contributed by atoms with Gasteiger partial charge in [-0.1, -0.05) is 43.7 Å². The number of thioether (sulfide) groups is 1. The Kier molecular flexibility index (Phi) is 5.88. The maximum absolute atomic E-state index is 5.58. The molecule has 0 fully saturated rings. The van der Waals surface area contributed by atoms with E-state index in [9.17, 15) is 0 Å². The normalized spacial score (nSPS) is 13.1. The highest BCUT2D eigenvalue weighted by Crippen LogP contribution is 2.13. The van der Waals surface area contributed by atoms with Gasteiger partial charge in [0, 0.05) is 11.8 Å². The second-order valence-corrected chi connectivity index (χ2v) is 6.05. The SMILES string of the molecule is Cc1cccc(CC(CSC(C)C)NN)c1. The third-order valence-electron chi connectivity index (χ3n) is 2.43. The fraction of sp³-hybridized carbons (Fsp3) is 0.538. The minimum absolute atomic E-state index is 0.356. The van der Waals surface area contributed by atoms with Crippen LogP contribution in [0.5, 0.6) is 0 Å². The molecule has 0 saturated carbocycles. The zero-order valence-electron chi connectivity index (χ0n) is 10.4. The fourth-order valence-electron chi connectivity index (χ4n) is 1.60. The van der Waals surface area contributed by atoms with Gasteiger partial charge in [-0.05, 0) is 24.2 Å². The third-order valence-corrected chi connectivity index (χ3v) is 3.69. The topological polar surface area (TPSA) is 38.0 Å². The van der Waals surface area contributed by atoms with Gasteiger partial charge in [0.1, 0.15) is 0 Å². The summed E-state index contributed by atoms with van der Waals surface area (Å²) in [5.41, 5.74) is 5.57. The van der Waals surface area contributed by atoms with Crippen molar-refractivity contribution in [2.75, 3.05) is 5.75 Å². The molecule has 90 valence electrons. The highest BCUT2D eigenvalue weighted by atomic mass is 32.2. The molecule has 1 unspecified atom stereocenters. The van der Waals surface area contributed by atoms with E-state index in [0.29, 0.717) is 11.3 Å². The number of benzene rings is 1. The molecule has 2 nitrogen and oxygen atoms in total. The zero-order chi connectivity index (χ0) is 12.0. The molecule has 0 aliphatic carbocycles. The predicted octanol–water partition coefficient (Wildman–Crippen LogP) is 2.51. The number of hydrogen-bond donors (Lipinski definition) is 2. The van der Waals surface area contributed by atoms with Crippen LogP contribution in [0.2, 0.25) is 0 Å². The average Bonchev–Trinajstić information content (AvgIpc) is 2.24. The summed E-state index contributed by atoms with van der Waals surface area (Å²) in [5, 5.41) is 0.661. The summed E-state index contributed by atoms with van der Waals surface area (Å²) in [6.07, 6.45) is 0.998. The Labute approximate surface area is 103 Å². The maximum Gasteiger partial charge on any atom is 0.0341 e. The van der Waals surface area contributed by atoms with Gasteiger partial charge in [-0.15, -0.1) is 0 Å². The van der Waals surface area contributed by atoms with Crippen LogP contribution in [-0.4, -0.2) is 17.0 Å². The maximum atomic E-state index is 5.58. The highest BCUT2D eigenvalue weighted by Gasteiger charge is 2.08. The lowest BCUT2D eigenvalue weighted by Gasteiger charge is -2.17. The Balaban J connectivity index is 2.49. The van der Waals surface area contributed by atoms with Gasteiger partial charge in [-0.25, -0.2) is 0 Å². The van der Waals surface area contributed by atoms with Crippen molar-refractivity contribution in [2.45, 2.75) is 38.5 Å². The van der Waals surface area contributed by atoms with Gasteiger partial charge in [-0.3, -0.25) is 11.3 Å². The lowest BCUT2D eigenvalue weighted by atomic mass is 10.1. The van der Waals surface area contributed by atoms with Gasteiger partial charge in [-0.2, -0.15) is 11.8 Å². The molecule has 0 amide bonds. The molecule has 3 heteroatoms. The first kappa shape index (κ1) is 13.6. The zero-order valence-corrected chi connectivity index (χ0v) is 11.2. The summed E-state index contributed by atoms with van der Waals surface area (Å²) in [4.78, 5) is 0. The van der Waals surface area contributed by atoms with Gasteiger partial charge in [0.2, 0.25) is 0 Å². The van der Waals surface area contributed by atoms with Crippen LogP contribution in [0, 0.1) is 6.92 Å². The van der Waals surface area contributed by atoms with Crippen molar-refractivity contribution in [3.8, 4) is 0 Å². The molecule has 3 N–H and O–H groups in total. The molecule has 0 saturated heterocycles. The smallest absolute Gasteiger partial charge is 0.0341 e. The average molecular weight is 238 g/mol. The summed E-state index contributed by atoms with van der Waals surface area (Å²) in [6.45, 7) is 6.55. The highest BCUT2D eigenvalue weighted by molar-refractivity contribution is 7.99. The minimum atomic E-state index is 0.356. The van der Waals surface area contributed by atoms with E-state index in [1.807, 2.05) is 11.8 Å². The molecular formula is C13H22N2S. The lowest BCUT2D eigenvalue weighted by molar-refractivity contribution is 0.575. The molecule has 1 rings (SSSR count). The van der Waals surface area contributed by atoms with Crippen molar-refractivity contribution < 1.29 is 0 Å². The van der Waals surface area contributed by atoms with Crippen LogP contribution in [0.15, 0.2) is 24.3 Å². The van der Waals surface area contributed by atoms with Gasteiger partial charge >= 0.3 is 0 Å². The van der Waals surface area contributed by atoms with E-state index in [1.165, 1.54) is 11.1 Å². The van der Waals surface area contributed by atoms with Crippen LogP contribution in [0.1, 0.15) is 25.0 Å². The van der Waals surface area contributed by atoms with E-state index >= 15 is 0 Å². The Morgan fingerprint density at radius 2 is 2.12 bits per heavy atom. The summed E-state index contributed by atoms with van der Waals surface area (Å²) >= 11 is 1.94.